The SMILES string of the molecule is COc1cc(N2C(=O)C3=CC(CCC3)C2=O)ccc1Cl. The third-order valence-electron chi connectivity index (χ3n) is 3.77. The number of carbonyl (C=O) groups is 2. The van der Waals surface area contributed by atoms with Crippen LogP contribution in [0.4, 0.5) is 5.69 Å². The quantitative estimate of drug-likeness (QED) is 0.787. The van der Waals surface area contributed by atoms with Crippen molar-refractivity contribution in [3.63, 3.8) is 0 Å². The van der Waals surface area contributed by atoms with Crippen LogP contribution < -0.4 is 9.64 Å². The average Bonchev–Trinajstić information content (AvgIpc) is 2.47. The average molecular weight is 292 g/mol. The zero-order valence-corrected chi connectivity index (χ0v) is 11.8. The second-order valence-corrected chi connectivity index (χ2v) is 5.40. The van der Waals surface area contributed by atoms with Gasteiger partial charge in [-0.2, -0.15) is 0 Å². The van der Waals surface area contributed by atoms with Gasteiger partial charge in [-0.1, -0.05) is 17.7 Å². The maximum absolute atomic E-state index is 12.4. The van der Waals surface area contributed by atoms with Crippen LogP contribution in [0.5, 0.6) is 5.75 Å². The smallest absolute Gasteiger partial charge is 0.260 e. The van der Waals surface area contributed by atoms with Crippen LogP contribution in [0, 0.1) is 5.92 Å². The van der Waals surface area contributed by atoms with Crippen LogP contribution in [0.2, 0.25) is 5.02 Å². The Labute approximate surface area is 122 Å². The first kappa shape index (κ1) is 13.2. The first-order valence-electron chi connectivity index (χ1n) is 6.54. The van der Waals surface area contributed by atoms with Crippen molar-refractivity contribution in [2.45, 2.75) is 19.3 Å². The molecule has 1 aliphatic carbocycles. The third-order valence-corrected chi connectivity index (χ3v) is 4.08. The van der Waals surface area contributed by atoms with E-state index in [-0.39, 0.29) is 17.7 Å². The Kier molecular flexibility index (Phi) is 3.26. The first-order valence-corrected chi connectivity index (χ1v) is 6.92. The van der Waals surface area contributed by atoms with E-state index in [2.05, 4.69) is 0 Å². The summed E-state index contributed by atoms with van der Waals surface area (Å²) in [5.41, 5.74) is 1.24. The molecule has 1 heterocycles. The van der Waals surface area contributed by atoms with Gasteiger partial charge in [0.25, 0.3) is 5.91 Å². The van der Waals surface area contributed by atoms with Crippen molar-refractivity contribution in [3.8, 4) is 5.75 Å². The maximum Gasteiger partial charge on any atom is 0.260 e. The highest BCUT2D eigenvalue weighted by Gasteiger charge is 2.38. The summed E-state index contributed by atoms with van der Waals surface area (Å²) < 4.78 is 5.15. The molecule has 0 fully saturated rings. The van der Waals surface area contributed by atoms with Crippen LogP contribution in [-0.4, -0.2) is 18.9 Å². The van der Waals surface area contributed by atoms with Crippen molar-refractivity contribution in [2.24, 2.45) is 5.92 Å². The lowest BCUT2D eigenvalue weighted by atomic mass is 9.85. The standard InChI is InChI=1S/C15H14ClNO3/c1-20-13-8-11(5-6-12(13)16)17-14(18)9-3-2-4-10(7-9)15(17)19/h5-9H,2-4H2,1H3. The highest BCUT2D eigenvalue weighted by molar-refractivity contribution is 6.32. The second kappa shape index (κ2) is 4.94. The van der Waals surface area contributed by atoms with Gasteiger partial charge in [-0.05, 0) is 31.4 Å². The van der Waals surface area contributed by atoms with E-state index in [0.717, 1.165) is 24.8 Å². The lowest BCUT2D eigenvalue weighted by molar-refractivity contribution is -0.128. The highest BCUT2D eigenvalue weighted by Crippen LogP contribution is 2.36. The third kappa shape index (κ3) is 2.00. The fourth-order valence-electron chi connectivity index (χ4n) is 2.74. The predicted octanol–water partition coefficient (Wildman–Crippen LogP) is 2.95. The molecule has 3 rings (SSSR count). The Morgan fingerprint density at radius 1 is 1.35 bits per heavy atom. The zero-order chi connectivity index (χ0) is 14.3. The molecule has 0 N–H and O–H groups in total. The first-order chi connectivity index (χ1) is 9.61. The van der Waals surface area contributed by atoms with Crippen LogP contribution in [0.25, 0.3) is 0 Å². The van der Waals surface area contributed by atoms with Crippen LogP contribution in [0.15, 0.2) is 29.8 Å². The molecule has 2 amide bonds. The van der Waals surface area contributed by atoms with Crippen molar-refractivity contribution < 1.29 is 14.3 Å². The number of hydrogen-bond donors (Lipinski definition) is 0. The molecule has 5 heteroatoms. The molecule has 1 atom stereocenters. The molecule has 1 aliphatic heterocycles. The summed E-state index contributed by atoms with van der Waals surface area (Å²) in [5.74, 6) is -0.120. The Morgan fingerprint density at radius 2 is 2.15 bits per heavy atom. The van der Waals surface area contributed by atoms with Crippen molar-refractivity contribution in [1.82, 2.24) is 0 Å². The number of carbonyl (C=O) groups excluding carboxylic acids is 2. The summed E-state index contributed by atoms with van der Waals surface area (Å²) in [4.78, 5) is 26.1. The monoisotopic (exact) mass is 291 g/mol. The summed E-state index contributed by atoms with van der Waals surface area (Å²) in [6, 6.07) is 4.93. The normalized spacial score (nSPS) is 21.8. The number of halogens is 1. The van der Waals surface area contributed by atoms with E-state index in [9.17, 15) is 9.59 Å². The summed E-state index contributed by atoms with van der Waals surface area (Å²) in [6.07, 6.45) is 4.25. The molecule has 0 saturated carbocycles. The van der Waals surface area contributed by atoms with Crippen molar-refractivity contribution in [3.05, 3.63) is 34.9 Å². The fraction of sp³-hybridized carbons (Fsp3) is 0.333. The highest BCUT2D eigenvalue weighted by atomic mass is 35.5. The molecule has 0 aromatic heterocycles. The van der Waals surface area contributed by atoms with E-state index in [4.69, 9.17) is 16.3 Å². The number of methoxy groups -OCH3 is 1. The molecule has 2 bridgehead atoms. The zero-order valence-electron chi connectivity index (χ0n) is 11.1. The largest absolute Gasteiger partial charge is 0.495 e. The Bertz CT molecular complexity index is 624. The van der Waals surface area contributed by atoms with E-state index in [0.29, 0.717) is 16.5 Å². The predicted molar refractivity (Wildman–Crippen MR) is 75.9 cm³/mol. The number of amides is 2. The molecule has 0 spiro atoms. The van der Waals surface area contributed by atoms with Gasteiger partial charge in [0.15, 0.2) is 0 Å². The summed E-state index contributed by atoms with van der Waals surface area (Å²) in [5, 5.41) is 0.451. The number of hydrogen-bond acceptors (Lipinski definition) is 3. The summed E-state index contributed by atoms with van der Waals surface area (Å²) in [7, 11) is 1.50. The number of anilines is 1. The summed E-state index contributed by atoms with van der Waals surface area (Å²) >= 11 is 5.98. The van der Waals surface area contributed by atoms with Crippen LogP contribution >= 0.6 is 11.6 Å². The molecule has 0 saturated heterocycles. The Hall–Kier alpha value is -1.81. The van der Waals surface area contributed by atoms with E-state index in [1.165, 1.54) is 12.0 Å². The Balaban J connectivity index is 2.03. The molecule has 20 heavy (non-hydrogen) atoms. The molecule has 104 valence electrons. The van der Waals surface area contributed by atoms with Gasteiger partial charge < -0.3 is 4.74 Å². The number of fused-ring (bicyclic) bond motifs is 1. The topological polar surface area (TPSA) is 46.6 Å². The van der Waals surface area contributed by atoms with Crippen LogP contribution in [0.1, 0.15) is 19.3 Å². The van der Waals surface area contributed by atoms with E-state index < -0.39 is 0 Å². The molecular formula is C15H14ClNO3. The van der Waals surface area contributed by atoms with E-state index in [1.807, 2.05) is 6.08 Å². The molecule has 2 aliphatic rings. The minimum atomic E-state index is -0.227. The fourth-order valence-corrected chi connectivity index (χ4v) is 2.93. The van der Waals surface area contributed by atoms with Crippen LogP contribution in [0.3, 0.4) is 0 Å². The minimum absolute atomic E-state index is 0.164. The lowest BCUT2D eigenvalue weighted by Gasteiger charge is -2.33. The Morgan fingerprint density at radius 3 is 2.90 bits per heavy atom. The van der Waals surface area contributed by atoms with E-state index >= 15 is 0 Å². The summed E-state index contributed by atoms with van der Waals surface area (Å²) in [6.45, 7) is 0. The van der Waals surface area contributed by atoms with Gasteiger partial charge in [0, 0.05) is 11.6 Å². The van der Waals surface area contributed by atoms with Crippen molar-refractivity contribution in [2.75, 3.05) is 12.0 Å². The minimum Gasteiger partial charge on any atom is -0.495 e. The molecule has 1 aromatic rings. The number of ether oxygens (including phenoxy) is 1. The molecule has 0 radical (unpaired) electrons. The van der Waals surface area contributed by atoms with Crippen molar-refractivity contribution >= 4 is 29.1 Å². The van der Waals surface area contributed by atoms with Gasteiger partial charge in [-0.25, -0.2) is 4.90 Å². The molecule has 4 nitrogen and oxygen atoms in total. The second-order valence-electron chi connectivity index (χ2n) is 4.99. The van der Waals surface area contributed by atoms with Gasteiger partial charge in [-0.3, -0.25) is 9.59 Å². The number of nitrogens with zero attached hydrogens (tertiary/aromatic N) is 1. The molecule has 1 unspecified atom stereocenters. The van der Waals surface area contributed by atoms with Crippen molar-refractivity contribution in [1.29, 1.82) is 0 Å². The molecular weight excluding hydrogens is 278 g/mol. The lowest BCUT2D eigenvalue weighted by Crippen LogP contribution is -2.46. The number of rotatable bonds is 2. The van der Waals surface area contributed by atoms with Gasteiger partial charge >= 0.3 is 0 Å². The van der Waals surface area contributed by atoms with Crippen LogP contribution in [-0.2, 0) is 9.59 Å². The number of benzene rings is 1. The van der Waals surface area contributed by atoms with E-state index in [1.54, 1.807) is 18.2 Å². The van der Waals surface area contributed by atoms with Gasteiger partial charge in [0.2, 0.25) is 5.91 Å². The van der Waals surface area contributed by atoms with Gasteiger partial charge in [0.05, 0.1) is 23.7 Å². The van der Waals surface area contributed by atoms with Gasteiger partial charge in [0.1, 0.15) is 5.75 Å². The number of imide groups is 1. The molecule has 1 aromatic carbocycles. The maximum atomic E-state index is 12.4. The van der Waals surface area contributed by atoms with Gasteiger partial charge in [-0.15, -0.1) is 0 Å².